The van der Waals surface area contributed by atoms with E-state index in [4.69, 9.17) is 11.6 Å². The Bertz CT molecular complexity index is 699. The number of hydrogen-bond acceptors (Lipinski definition) is 3. The van der Waals surface area contributed by atoms with Gasteiger partial charge in [0.05, 0.1) is 11.1 Å². The Morgan fingerprint density at radius 1 is 1.13 bits per heavy atom. The molecule has 2 aliphatic heterocycles. The van der Waals surface area contributed by atoms with Crippen LogP contribution in [0.15, 0.2) is 46.5 Å². The lowest BCUT2D eigenvalue weighted by Gasteiger charge is -2.31. The number of nitrogens with zero attached hydrogens (tertiary/aromatic N) is 3. The van der Waals surface area contributed by atoms with Crippen molar-refractivity contribution in [3.8, 4) is 0 Å². The lowest BCUT2D eigenvalue weighted by Crippen LogP contribution is -2.34. The van der Waals surface area contributed by atoms with E-state index in [1.807, 2.05) is 17.8 Å². The van der Waals surface area contributed by atoms with E-state index in [2.05, 4.69) is 51.9 Å². The summed E-state index contributed by atoms with van der Waals surface area (Å²) in [6.07, 6.45) is 3.43. The number of aromatic nitrogens is 1. The molecule has 2 aromatic rings. The summed E-state index contributed by atoms with van der Waals surface area (Å²) in [7, 11) is 2.22. The highest BCUT2D eigenvalue weighted by molar-refractivity contribution is 7.99. The molecule has 5 heteroatoms. The molecule has 1 aromatic heterocycles. The largest absolute Gasteiger partial charge is 0.341 e. The molecule has 3 heterocycles. The molecule has 2 aliphatic rings. The van der Waals surface area contributed by atoms with Crippen LogP contribution in [0, 0.1) is 0 Å². The minimum absolute atomic E-state index is 0.399. The Balaban J connectivity index is 1.73. The van der Waals surface area contributed by atoms with Gasteiger partial charge in [0, 0.05) is 42.3 Å². The molecular formula is C18H22ClN3S. The van der Waals surface area contributed by atoms with Crippen molar-refractivity contribution in [3.63, 3.8) is 0 Å². The minimum atomic E-state index is 0.399. The fourth-order valence-corrected chi connectivity index (χ4v) is 4.86. The van der Waals surface area contributed by atoms with Gasteiger partial charge in [-0.2, -0.15) is 0 Å². The third kappa shape index (κ3) is 3.18. The van der Waals surface area contributed by atoms with E-state index >= 15 is 0 Å². The van der Waals surface area contributed by atoms with E-state index in [0.29, 0.717) is 6.04 Å². The highest BCUT2D eigenvalue weighted by Gasteiger charge is 2.28. The van der Waals surface area contributed by atoms with E-state index in [1.54, 1.807) is 0 Å². The minimum Gasteiger partial charge on any atom is -0.341 e. The molecule has 1 fully saturated rings. The molecule has 122 valence electrons. The van der Waals surface area contributed by atoms with Gasteiger partial charge in [0.15, 0.2) is 0 Å². The van der Waals surface area contributed by atoms with Gasteiger partial charge in [0.1, 0.15) is 0 Å². The second-order valence-corrected chi connectivity index (χ2v) is 7.99. The number of hydrogen-bond donors (Lipinski definition) is 0. The van der Waals surface area contributed by atoms with Crippen molar-refractivity contribution >= 4 is 23.4 Å². The zero-order valence-electron chi connectivity index (χ0n) is 13.4. The van der Waals surface area contributed by atoms with Crippen molar-refractivity contribution < 1.29 is 0 Å². The second kappa shape index (κ2) is 6.52. The van der Waals surface area contributed by atoms with Gasteiger partial charge in [-0.1, -0.05) is 23.4 Å². The fraction of sp³-hybridized carbons (Fsp3) is 0.444. The zero-order chi connectivity index (χ0) is 15.8. The van der Waals surface area contributed by atoms with Gasteiger partial charge in [-0.15, -0.1) is 0 Å². The maximum absolute atomic E-state index is 6.33. The first-order valence-corrected chi connectivity index (χ1v) is 9.45. The Labute approximate surface area is 147 Å². The van der Waals surface area contributed by atoms with Crippen LogP contribution >= 0.6 is 23.4 Å². The summed E-state index contributed by atoms with van der Waals surface area (Å²) in [5.41, 5.74) is 1.38. The Morgan fingerprint density at radius 2 is 2.04 bits per heavy atom. The van der Waals surface area contributed by atoms with Crippen molar-refractivity contribution in [3.05, 3.63) is 47.1 Å². The van der Waals surface area contributed by atoms with Gasteiger partial charge in [-0.25, -0.2) is 0 Å². The molecule has 1 saturated heterocycles. The molecule has 4 rings (SSSR count). The molecule has 0 bridgehead atoms. The molecule has 0 aliphatic carbocycles. The van der Waals surface area contributed by atoms with Crippen molar-refractivity contribution in [1.82, 2.24) is 14.4 Å². The number of benzene rings is 1. The quantitative estimate of drug-likeness (QED) is 0.773. The van der Waals surface area contributed by atoms with E-state index in [1.165, 1.54) is 28.5 Å². The first-order chi connectivity index (χ1) is 11.2. The Morgan fingerprint density at radius 3 is 2.96 bits per heavy atom. The number of likely N-dealkylation sites (N-methyl/N-ethyl adjacent to an activating group) is 1. The summed E-state index contributed by atoms with van der Waals surface area (Å²) in [6.45, 7) is 5.61. The number of halogens is 1. The molecule has 3 nitrogen and oxygen atoms in total. The van der Waals surface area contributed by atoms with Crippen LogP contribution in [0.5, 0.6) is 0 Å². The maximum atomic E-state index is 6.33. The average Bonchev–Trinajstić information content (AvgIpc) is 2.77. The number of rotatable bonds is 1. The van der Waals surface area contributed by atoms with Crippen molar-refractivity contribution in [2.24, 2.45) is 0 Å². The van der Waals surface area contributed by atoms with Gasteiger partial charge < -0.3 is 9.47 Å². The van der Waals surface area contributed by atoms with Gasteiger partial charge in [-0.05, 0) is 55.9 Å². The van der Waals surface area contributed by atoms with Gasteiger partial charge in [-0.3, -0.25) is 4.90 Å². The lowest BCUT2D eigenvalue weighted by atomic mass is 10.0. The standard InChI is InChI=1S/C18H22ClN3S/c1-20-7-3-9-21(11-10-20)16-13-22-8-2-4-18(22)23-17-6-5-14(19)12-15(16)17/h2,4-6,8,12,16H,3,7,9-11,13H2,1H3/t16-/m1/s1. The monoisotopic (exact) mass is 347 g/mol. The molecule has 0 saturated carbocycles. The first-order valence-electron chi connectivity index (χ1n) is 8.26. The Kier molecular flexibility index (Phi) is 4.41. The molecular weight excluding hydrogens is 326 g/mol. The van der Waals surface area contributed by atoms with Crippen LogP contribution in [0.2, 0.25) is 5.02 Å². The summed E-state index contributed by atoms with van der Waals surface area (Å²) in [5.74, 6) is 0. The first kappa shape index (κ1) is 15.6. The van der Waals surface area contributed by atoms with E-state index < -0.39 is 0 Å². The topological polar surface area (TPSA) is 11.4 Å². The lowest BCUT2D eigenvalue weighted by molar-refractivity contribution is 0.181. The summed E-state index contributed by atoms with van der Waals surface area (Å²) >= 11 is 8.19. The molecule has 0 unspecified atom stereocenters. The summed E-state index contributed by atoms with van der Waals surface area (Å²) < 4.78 is 2.39. The normalized spacial score (nSPS) is 23.0. The predicted molar refractivity (Wildman–Crippen MR) is 96.4 cm³/mol. The highest BCUT2D eigenvalue weighted by Crippen LogP contribution is 2.41. The summed E-state index contributed by atoms with van der Waals surface area (Å²) in [6, 6.07) is 11.1. The molecule has 0 spiro atoms. The van der Waals surface area contributed by atoms with Crippen LogP contribution in [0.25, 0.3) is 0 Å². The summed E-state index contributed by atoms with van der Waals surface area (Å²) in [5, 5.41) is 2.16. The number of fused-ring (bicyclic) bond motifs is 2. The second-order valence-electron chi connectivity index (χ2n) is 6.49. The molecule has 0 amide bonds. The van der Waals surface area contributed by atoms with Crippen LogP contribution in [0.1, 0.15) is 18.0 Å². The summed E-state index contributed by atoms with van der Waals surface area (Å²) in [4.78, 5) is 6.43. The van der Waals surface area contributed by atoms with Crippen LogP contribution in [0.4, 0.5) is 0 Å². The molecule has 23 heavy (non-hydrogen) atoms. The van der Waals surface area contributed by atoms with Crippen LogP contribution < -0.4 is 0 Å². The zero-order valence-corrected chi connectivity index (χ0v) is 15.0. The third-order valence-electron chi connectivity index (χ3n) is 4.90. The van der Waals surface area contributed by atoms with Crippen LogP contribution in [-0.4, -0.2) is 47.6 Å². The average molecular weight is 348 g/mol. The van der Waals surface area contributed by atoms with E-state index in [9.17, 15) is 0 Å². The maximum Gasteiger partial charge on any atom is 0.0797 e. The molecule has 0 radical (unpaired) electrons. The van der Waals surface area contributed by atoms with Gasteiger partial charge in [0.2, 0.25) is 0 Å². The van der Waals surface area contributed by atoms with Crippen molar-refractivity contribution in [1.29, 1.82) is 0 Å². The molecule has 0 N–H and O–H groups in total. The predicted octanol–water partition coefficient (Wildman–Crippen LogP) is 3.98. The van der Waals surface area contributed by atoms with Crippen LogP contribution in [-0.2, 0) is 6.54 Å². The molecule has 1 aromatic carbocycles. The van der Waals surface area contributed by atoms with E-state index in [0.717, 1.165) is 31.2 Å². The van der Waals surface area contributed by atoms with Gasteiger partial charge >= 0.3 is 0 Å². The van der Waals surface area contributed by atoms with Crippen LogP contribution in [0.3, 0.4) is 0 Å². The van der Waals surface area contributed by atoms with Crippen molar-refractivity contribution in [2.75, 3.05) is 33.2 Å². The van der Waals surface area contributed by atoms with Gasteiger partial charge in [0.25, 0.3) is 0 Å². The third-order valence-corrected chi connectivity index (χ3v) is 6.30. The smallest absolute Gasteiger partial charge is 0.0797 e. The van der Waals surface area contributed by atoms with Crippen molar-refractivity contribution in [2.45, 2.75) is 28.9 Å². The highest BCUT2D eigenvalue weighted by atomic mass is 35.5. The molecule has 1 atom stereocenters. The fourth-order valence-electron chi connectivity index (χ4n) is 3.60. The Hall–Kier alpha value is -0.940. The van der Waals surface area contributed by atoms with E-state index in [-0.39, 0.29) is 0 Å². The SMILES string of the molecule is CN1CCCN([C@@H]2Cn3cccc3Sc3ccc(Cl)cc32)CC1.